The molecule has 35 heavy (non-hydrogen) atoms. The zero-order chi connectivity index (χ0) is 24.0. The molecule has 0 saturated carbocycles. The Hall–Kier alpha value is -2.68. The molecule has 0 N–H and O–H groups in total. The predicted octanol–water partition coefficient (Wildman–Crippen LogP) is 7.97. The predicted molar refractivity (Wildman–Crippen MR) is 151 cm³/mol. The van der Waals surface area contributed by atoms with Gasteiger partial charge in [-0.25, -0.2) is 0 Å². The molecule has 0 spiro atoms. The topological polar surface area (TPSA) is 20.3 Å². The summed E-state index contributed by atoms with van der Waals surface area (Å²) in [6, 6.07) is 29.7. The first-order chi connectivity index (χ1) is 16.4. The Morgan fingerprint density at radius 2 is 1.26 bits per heavy atom. The van der Waals surface area contributed by atoms with Crippen molar-refractivity contribution in [1.82, 2.24) is 4.90 Å². The average molecular weight is 488 g/mol. The summed E-state index contributed by atoms with van der Waals surface area (Å²) in [7, 11) is 0. The molecule has 0 bridgehead atoms. The lowest BCUT2D eigenvalue weighted by Gasteiger charge is -2.30. The van der Waals surface area contributed by atoms with Gasteiger partial charge < -0.3 is 4.90 Å². The average Bonchev–Trinajstić information content (AvgIpc) is 2.86. The van der Waals surface area contributed by atoms with E-state index in [2.05, 4.69) is 80.3 Å². The molecule has 3 heteroatoms. The minimum Gasteiger partial charge on any atom is -0.303 e. The van der Waals surface area contributed by atoms with Crippen molar-refractivity contribution in [2.45, 2.75) is 51.9 Å². The normalized spacial score (nSPS) is 14.3. The van der Waals surface area contributed by atoms with Gasteiger partial charge in [-0.05, 0) is 53.5 Å². The van der Waals surface area contributed by atoms with Gasteiger partial charge in [0.25, 0.3) is 0 Å². The first-order valence-electron chi connectivity index (χ1n) is 12.6. The molecular weight excluding hydrogens is 450 g/mol. The first kappa shape index (κ1) is 26.9. The molecule has 1 aliphatic heterocycles. The zero-order valence-electron chi connectivity index (χ0n) is 21.3. The van der Waals surface area contributed by atoms with Gasteiger partial charge in [0, 0.05) is 25.1 Å². The van der Waals surface area contributed by atoms with Gasteiger partial charge >= 0.3 is 0 Å². The molecule has 0 aliphatic carbocycles. The molecule has 0 radical (unpaired) electrons. The van der Waals surface area contributed by atoms with Gasteiger partial charge in [-0.3, -0.25) is 4.79 Å². The Kier molecular flexibility index (Phi) is 9.48. The van der Waals surface area contributed by atoms with Crippen LogP contribution in [-0.4, -0.2) is 30.3 Å². The number of piperidine rings is 1. The van der Waals surface area contributed by atoms with Gasteiger partial charge in [0.15, 0.2) is 5.78 Å². The molecule has 4 rings (SSSR count). The van der Waals surface area contributed by atoms with Gasteiger partial charge in [0.2, 0.25) is 0 Å². The van der Waals surface area contributed by atoms with Crippen LogP contribution in [0.4, 0.5) is 0 Å². The van der Waals surface area contributed by atoms with Gasteiger partial charge in [-0.2, -0.15) is 0 Å². The van der Waals surface area contributed by atoms with Crippen LogP contribution in [0.15, 0.2) is 90.5 Å². The first-order valence-corrected chi connectivity index (χ1v) is 12.6. The van der Waals surface area contributed by atoms with E-state index in [-0.39, 0.29) is 23.6 Å². The number of Topliss-reactive ketones (excluding diaryl/α,β-unsaturated/α-hetero) is 1. The number of carbonyl (C=O) groups excluding carboxylic acids is 1. The molecule has 1 heterocycles. The number of likely N-dealkylation sites (tertiary alicyclic amines) is 1. The Balaban J connectivity index is 0.00000342. The summed E-state index contributed by atoms with van der Waals surface area (Å²) in [6.45, 7) is 9.91. The number of ketones is 1. The number of hydrogen-bond donors (Lipinski definition) is 0. The summed E-state index contributed by atoms with van der Waals surface area (Å²) in [5, 5.41) is 0. The largest absolute Gasteiger partial charge is 0.303 e. The van der Waals surface area contributed by atoms with E-state index in [1.165, 1.54) is 22.3 Å². The van der Waals surface area contributed by atoms with Crippen molar-refractivity contribution in [2.24, 2.45) is 0 Å². The maximum atomic E-state index is 12.4. The van der Waals surface area contributed by atoms with Crippen molar-refractivity contribution in [3.8, 4) is 0 Å². The number of rotatable bonds is 7. The molecular formula is C32H38ClNO. The van der Waals surface area contributed by atoms with Crippen LogP contribution in [0.1, 0.15) is 73.5 Å². The summed E-state index contributed by atoms with van der Waals surface area (Å²) < 4.78 is 0. The van der Waals surface area contributed by atoms with Crippen molar-refractivity contribution in [3.63, 3.8) is 0 Å². The van der Waals surface area contributed by atoms with E-state index in [1.807, 2.05) is 30.3 Å². The van der Waals surface area contributed by atoms with E-state index >= 15 is 0 Å². The molecule has 0 unspecified atom stereocenters. The van der Waals surface area contributed by atoms with Crippen LogP contribution in [0.25, 0.3) is 5.57 Å². The van der Waals surface area contributed by atoms with E-state index in [4.69, 9.17) is 0 Å². The Labute approximate surface area is 217 Å². The maximum absolute atomic E-state index is 12.4. The summed E-state index contributed by atoms with van der Waals surface area (Å²) in [6.07, 6.45) is 3.71. The third-order valence-corrected chi connectivity index (χ3v) is 6.89. The van der Waals surface area contributed by atoms with Crippen molar-refractivity contribution < 1.29 is 4.79 Å². The molecule has 1 fully saturated rings. The van der Waals surface area contributed by atoms with Crippen LogP contribution in [0, 0.1) is 0 Å². The SMILES string of the molecule is CC(C)(C)c1ccc(C(=C2CCN(CCCC(=O)c3ccccc3)CC2)c2ccccc2)cc1.Cl. The third kappa shape index (κ3) is 7.16. The monoisotopic (exact) mass is 487 g/mol. The fourth-order valence-electron chi connectivity index (χ4n) is 4.84. The maximum Gasteiger partial charge on any atom is 0.162 e. The van der Waals surface area contributed by atoms with Gasteiger partial charge in [0.1, 0.15) is 0 Å². The minimum absolute atomic E-state index is 0. The molecule has 2 nitrogen and oxygen atoms in total. The second-order valence-electron chi connectivity index (χ2n) is 10.4. The van der Waals surface area contributed by atoms with Crippen molar-refractivity contribution in [1.29, 1.82) is 0 Å². The fraction of sp³-hybridized carbons (Fsp3) is 0.344. The lowest BCUT2D eigenvalue weighted by atomic mass is 9.84. The fourth-order valence-corrected chi connectivity index (χ4v) is 4.84. The third-order valence-electron chi connectivity index (χ3n) is 6.89. The second-order valence-corrected chi connectivity index (χ2v) is 10.4. The van der Waals surface area contributed by atoms with Gasteiger partial charge in [0.05, 0.1) is 0 Å². The van der Waals surface area contributed by atoms with E-state index in [9.17, 15) is 4.79 Å². The van der Waals surface area contributed by atoms with Crippen molar-refractivity contribution >= 4 is 23.8 Å². The summed E-state index contributed by atoms with van der Waals surface area (Å²) >= 11 is 0. The molecule has 184 valence electrons. The highest BCUT2D eigenvalue weighted by molar-refractivity contribution is 5.95. The molecule has 3 aromatic rings. The highest BCUT2D eigenvalue weighted by Gasteiger charge is 2.20. The van der Waals surface area contributed by atoms with Crippen LogP contribution in [-0.2, 0) is 5.41 Å². The molecule has 3 aromatic carbocycles. The van der Waals surface area contributed by atoms with Crippen molar-refractivity contribution in [3.05, 3.63) is 113 Å². The van der Waals surface area contributed by atoms with E-state index in [0.717, 1.165) is 44.5 Å². The number of benzene rings is 3. The van der Waals surface area contributed by atoms with Crippen LogP contribution >= 0.6 is 12.4 Å². The zero-order valence-corrected chi connectivity index (χ0v) is 22.1. The standard InChI is InChI=1S/C32H37NO.ClH/c1-32(2,3)29-18-16-27(17-19-29)31(26-13-8-5-9-14-26)28-20-23-33(24-21-28)22-10-15-30(34)25-11-6-4-7-12-25;/h4-9,11-14,16-19H,10,15,20-24H2,1-3H3;1H. The van der Waals surface area contributed by atoms with Gasteiger partial charge in [-0.1, -0.05) is 111 Å². The van der Waals surface area contributed by atoms with E-state index in [1.54, 1.807) is 5.57 Å². The van der Waals surface area contributed by atoms with E-state index < -0.39 is 0 Å². The molecule has 0 atom stereocenters. The van der Waals surface area contributed by atoms with Crippen LogP contribution in [0.2, 0.25) is 0 Å². The number of nitrogens with zero attached hydrogens (tertiary/aromatic N) is 1. The highest BCUT2D eigenvalue weighted by atomic mass is 35.5. The number of carbonyl (C=O) groups is 1. The number of halogens is 1. The molecule has 1 saturated heterocycles. The summed E-state index contributed by atoms with van der Waals surface area (Å²) in [4.78, 5) is 14.9. The molecule has 0 aromatic heterocycles. The van der Waals surface area contributed by atoms with Crippen LogP contribution < -0.4 is 0 Å². The Bertz CT molecular complexity index is 1100. The summed E-state index contributed by atoms with van der Waals surface area (Å²) in [5.74, 6) is 0.253. The van der Waals surface area contributed by atoms with Crippen LogP contribution in [0.5, 0.6) is 0 Å². The number of hydrogen-bond acceptors (Lipinski definition) is 2. The molecule has 1 aliphatic rings. The lowest BCUT2D eigenvalue weighted by molar-refractivity contribution is 0.0974. The van der Waals surface area contributed by atoms with Gasteiger partial charge in [-0.15, -0.1) is 12.4 Å². The Morgan fingerprint density at radius 1 is 0.743 bits per heavy atom. The second kappa shape index (κ2) is 12.3. The summed E-state index contributed by atoms with van der Waals surface area (Å²) in [5.41, 5.74) is 7.93. The highest BCUT2D eigenvalue weighted by Crippen LogP contribution is 2.33. The minimum atomic E-state index is 0. The lowest BCUT2D eigenvalue weighted by Crippen LogP contribution is -2.32. The van der Waals surface area contributed by atoms with Crippen LogP contribution in [0.3, 0.4) is 0 Å². The Morgan fingerprint density at radius 3 is 1.80 bits per heavy atom. The quantitative estimate of drug-likeness (QED) is 0.315. The smallest absolute Gasteiger partial charge is 0.162 e. The molecule has 0 amide bonds. The van der Waals surface area contributed by atoms with Crippen molar-refractivity contribution in [2.75, 3.05) is 19.6 Å². The van der Waals surface area contributed by atoms with E-state index in [0.29, 0.717) is 6.42 Å².